The standard InChI is InChI=1S/C15H20N4O2/c1-3-7-13(10-14(20)21)19-15(16-17-18-19)11(2)12-8-5-4-6-9-12/h4-6,8-9,11,13H,3,7,10H2,1-2H3,(H,20,21). The maximum absolute atomic E-state index is 11.0. The first-order chi connectivity index (χ1) is 10.1. The van der Waals surface area contributed by atoms with E-state index >= 15 is 0 Å². The van der Waals surface area contributed by atoms with E-state index in [2.05, 4.69) is 15.5 Å². The zero-order valence-corrected chi connectivity index (χ0v) is 12.3. The second-order valence-corrected chi connectivity index (χ2v) is 5.15. The Labute approximate surface area is 123 Å². The molecular weight excluding hydrogens is 268 g/mol. The van der Waals surface area contributed by atoms with E-state index in [0.29, 0.717) is 5.82 Å². The average molecular weight is 288 g/mol. The van der Waals surface area contributed by atoms with Gasteiger partial charge in [0, 0.05) is 5.92 Å². The number of tetrazole rings is 1. The summed E-state index contributed by atoms with van der Waals surface area (Å²) >= 11 is 0. The number of benzene rings is 1. The molecule has 0 saturated heterocycles. The maximum Gasteiger partial charge on any atom is 0.305 e. The van der Waals surface area contributed by atoms with Gasteiger partial charge in [-0.15, -0.1) is 5.10 Å². The van der Waals surface area contributed by atoms with Crippen LogP contribution in [0.4, 0.5) is 0 Å². The molecule has 6 heteroatoms. The lowest BCUT2D eigenvalue weighted by Crippen LogP contribution is -2.19. The molecule has 21 heavy (non-hydrogen) atoms. The average Bonchev–Trinajstić information content (AvgIpc) is 2.96. The third-order valence-electron chi connectivity index (χ3n) is 3.58. The highest BCUT2D eigenvalue weighted by Gasteiger charge is 2.23. The minimum absolute atomic E-state index is 0.0225. The van der Waals surface area contributed by atoms with Crippen LogP contribution in [0.5, 0.6) is 0 Å². The first-order valence-electron chi connectivity index (χ1n) is 7.18. The van der Waals surface area contributed by atoms with Crippen molar-refractivity contribution >= 4 is 5.97 Å². The highest BCUT2D eigenvalue weighted by Crippen LogP contribution is 2.26. The number of aromatic nitrogens is 4. The van der Waals surface area contributed by atoms with Crippen molar-refractivity contribution in [1.82, 2.24) is 20.2 Å². The molecule has 6 nitrogen and oxygen atoms in total. The van der Waals surface area contributed by atoms with Gasteiger partial charge in [0.25, 0.3) is 0 Å². The van der Waals surface area contributed by atoms with Crippen LogP contribution >= 0.6 is 0 Å². The van der Waals surface area contributed by atoms with Crippen LogP contribution in [-0.2, 0) is 4.79 Å². The second kappa shape index (κ2) is 6.97. The first-order valence-corrected chi connectivity index (χ1v) is 7.18. The molecule has 0 fully saturated rings. The van der Waals surface area contributed by atoms with Gasteiger partial charge in [-0.3, -0.25) is 4.79 Å². The number of carbonyl (C=O) groups is 1. The van der Waals surface area contributed by atoms with Crippen LogP contribution in [0.25, 0.3) is 0 Å². The van der Waals surface area contributed by atoms with E-state index in [9.17, 15) is 4.79 Å². The molecule has 2 atom stereocenters. The molecular formula is C15H20N4O2. The van der Waals surface area contributed by atoms with Crippen LogP contribution in [0.2, 0.25) is 0 Å². The van der Waals surface area contributed by atoms with Crippen LogP contribution in [0.3, 0.4) is 0 Å². The van der Waals surface area contributed by atoms with Gasteiger partial charge in [-0.1, -0.05) is 50.6 Å². The molecule has 0 aliphatic carbocycles. The quantitative estimate of drug-likeness (QED) is 0.847. The van der Waals surface area contributed by atoms with Crippen LogP contribution in [0.15, 0.2) is 30.3 Å². The van der Waals surface area contributed by atoms with Crippen molar-refractivity contribution in [2.24, 2.45) is 0 Å². The molecule has 0 aliphatic rings. The van der Waals surface area contributed by atoms with Crippen LogP contribution in [-0.4, -0.2) is 31.3 Å². The Kier molecular flexibility index (Phi) is 5.03. The molecule has 0 radical (unpaired) electrons. The summed E-state index contributed by atoms with van der Waals surface area (Å²) in [5, 5.41) is 21.0. The van der Waals surface area contributed by atoms with Crippen molar-refractivity contribution in [3.63, 3.8) is 0 Å². The van der Waals surface area contributed by atoms with Gasteiger partial charge in [0.05, 0.1) is 12.5 Å². The Hall–Kier alpha value is -2.24. The van der Waals surface area contributed by atoms with Crippen molar-refractivity contribution in [3.8, 4) is 0 Å². The molecule has 2 unspecified atom stereocenters. The van der Waals surface area contributed by atoms with Crippen LogP contribution in [0, 0.1) is 0 Å². The molecule has 2 rings (SSSR count). The van der Waals surface area contributed by atoms with E-state index in [-0.39, 0.29) is 18.4 Å². The fourth-order valence-corrected chi connectivity index (χ4v) is 2.48. The smallest absolute Gasteiger partial charge is 0.305 e. The van der Waals surface area contributed by atoms with Crippen molar-refractivity contribution < 1.29 is 9.90 Å². The minimum Gasteiger partial charge on any atom is -0.481 e. The zero-order chi connectivity index (χ0) is 15.2. The van der Waals surface area contributed by atoms with E-state index < -0.39 is 5.97 Å². The van der Waals surface area contributed by atoms with E-state index in [4.69, 9.17) is 5.11 Å². The van der Waals surface area contributed by atoms with E-state index in [1.54, 1.807) is 4.68 Å². The van der Waals surface area contributed by atoms with Crippen molar-refractivity contribution in [3.05, 3.63) is 41.7 Å². The molecule has 2 aromatic rings. The Bertz CT molecular complexity index is 582. The lowest BCUT2D eigenvalue weighted by atomic mass is 9.99. The minimum atomic E-state index is -0.831. The summed E-state index contributed by atoms with van der Waals surface area (Å²) in [6.07, 6.45) is 1.66. The Balaban J connectivity index is 2.30. The molecule has 112 valence electrons. The summed E-state index contributed by atoms with van der Waals surface area (Å²) in [7, 11) is 0. The normalized spacial score (nSPS) is 13.8. The number of hydrogen-bond donors (Lipinski definition) is 1. The van der Waals surface area contributed by atoms with Gasteiger partial charge in [0.15, 0.2) is 5.82 Å². The summed E-state index contributed by atoms with van der Waals surface area (Å²) < 4.78 is 1.68. The molecule has 1 heterocycles. The first kappa shape index (κ1) is 15.2. The van der Waals surface area contributed by atoms with Gasteiger partial charge >= 0.3 is 5.97 Å². The molecule has 0 saturated carbocycles. The molecule has 0 aliphatic heterocycles. The summed E-state index contributed by atoms with van der Waals surface area (Å²) in [4.78, 5) is 11.0. The summed E-state index contributed by atoms with van der Waals surface area (Å²) in [6, 6.07) is 9.75. The van der Waals surface area contributed by atoms with E-state index in [0.717, 1.165) is 18.4 Å². The third kappa shape index (κ3) is 3.65. The number of carboxylic acid groups (broad SMARTS) is 1. The highest BCUT2D eigenvalue weighted by molar-refractivity contribution is 5.67. The van der Waals surface area contributed by atoms with Gasteiger partial charge in [-0.25, -0.2) is 4.68 Å². The largest absolute Gasteiger partial charge is 0.481 e. The lowest BCUT2D eigenvalue weighted by Gasteiger charge is -2.18. The zero-order valence-electron chi connectivity index (χ0n) is 12.3. The number of rotatable bonds is 7. The summed E-state index contributed by atoms with van der Waals surface area (Å²) in [6.45, 7) is 4.06. The monoisotopic (exact) mass is 288 g/mol. The van der Waals surface area contributed by atoms with Gasteiger partial charge in [0.1, 0.15) is 0 Å². The topological polar surface area (TPSA) is 80.9 Å². The van der Waals surface area contributed by atoms with Gasteiger partial charge in [-0.05, 0) is 22.4 Å². The molecule has 1 aromatic heterocycles. The Morgan fingerprint density at radius 2 is 2.05 bits per heavy atom. The van der Waals surface area contributed by atoms with Crippen LogP contribution in [0.1, 0.15) is 56.5 Å². The fraction of sp³-hybridized carbons (Fsp3) is 0.467. The molecule has 0 spiro atoms. The summed E-state index contributed by atoms with van der Waals surface area (Å²) in [5.74, 6) is -0.0995. The van der Waals surface area contributed by atoms with Crippen LogP contribution < -0.4 is 0 Å². The fourth-order valence-electron chi connectivity index (χ4n) is 2.48. The van der Waals surface area contributed by atoms with E-state index in [1.807, 2.05) is 44.2 Å². The number of carboxylic acids is 1. The van der Waals surface area contributed by atoms with Gasteiger partial charge < -0.3 is 5.11 Å². The Morgan fingerprint density at radius 1 is 1.33 bits per heavy atom. The van der Waals surface area contributed by atoms with Crippen molar-refractivity contribution in [2.75, 3.05) is 0 Å². The lowest BCUT2D eigenvalue weighted by molar-refractivity contribution is -0.138. The molecule has 1 aromatic carbocycles. The molecule has 1 N–H and O–H groups in total. The number of nitrogens with zero attached hydrogens (tertiary/aromatic N) is 4. The van der Waals surface area contributed by atoms with Gasteiger partial charge in [0.2, 0.25) is 0 Å². The molecule has 0 amide bonds. The maximum atomic E-state index is 11.0. The van der Waals surface area contributed by atoms with E-state index in [1.165, 1.54) is 0 Å². The third-order valence-corrected chi connectivity index (χ3v) is 3.58. The van der Waals surface area contributed by atoms with Crippen molar-refractivity contribution in [1.29, 1.82) is 0 Å². The highest BCUT2D eigenvalue weighted by atomic mass is 16.4. The Morgan fingerprint density at radius 3 is 2.67 bits per heavy atom. The predicted octanol–water partition coefficient (Wildman–Crippen LogP) is 2.64. The SMILES string of the molecule is CCCC(CC(=O)O)n1nnnc1C(C)c1ccccc1. The van der Waals surface area contributed by atoms with Crippen molar-refractivity contribution in [2.45, 2.75) is 45.1 Å². The number of hydrogen-bond acceptors (Lipinski definition) is 4. The molecule has 0 bridgehead atoms. The second-order valence-electron chi connectivity index (χ2n) is 5.15. The van der Waals surface area contributed by atoms with Gasteiger partial charge in [-0.2, -0.15) is 0 Å². The number of aliphatic carboxylic acids is 1. The predicted molar refractivity (Wildman–Crippen MR) is 78.0 cm³/mol. The summed E-state index contributed by atoms with van der Waals surface area (Å²) in [5.41, 5.74) is 1.11.